The molecular formula is C14H10Cl2N2O2S. The van der Waals surface area contributed by atoms with E-state index in [9.17, 15) is 10.1 Å². The highest BCUT2D eigenvalue weighted by Gasteiger charge is 2.32. The van der Waals surface area contributed by atoms with Crippen molar-refractivity contribution in [2.45, 2.75) is 5.92 Å². The Morgan fingerprint density at radius 3 is 2.71 bits per heavy atom. The van der Waals surface area contributed by atoms with Crippen LogP contribution in [-0.4, -0.2) is 13.1 Å². The number of nitrogens with zero attached hydrogens (tertiary/aromatic N) is 1. The Labute approximate surface area is 136 Å². The van der Waals surface area contributed by atoms with Crippen molar-refractivity contribution in [1.29, 1.82) is 5.26 Å². The van der Waals surface area contributed by atoms with Crippen molar-refractivity contribution in [1.82, 2.24) is 0 Å². The minimum Gasteiger partial charge on any atom is -0.466 e. The van der Waals surface area contributed by atoms with E-state index >= 15 is 0 Å². The zero-order chi connectivity index (χ0) is 15.6. The highest BCUT2D eigenvalue weighted by Crippen LogP contribution is 2.42. The number of halogens is 2. The SMILES string of the molecule is COC(=O)C1=CSC(N)=C(C#N)C1c1ccc(Cl)c(Cl)c1. The number of hydrogen-bond acceptors (Lipinski definition) is 5. The number of esters is 1. The Balaban J connectivity index is 2.59. The summed E-state index contributed by atoms with van der Waals surface area (Å²) in [6, 6.07) is 6.99. The fraction of sp³-hybridized carbons (Fsp3) is 0.143. The molecule has 1 aliphatic heterocycles. The Morgan fingerprint density at radius 1 is 1.43 bits per heavy atom. The Kier molecular flexibility index (Phi) is 4.84. The number of methoxy groups -OCH3 is 1. The van der Waals surface area contributed by atoms with Gasteiger partial charge in [-0.25, -0.2) is 4.79 Å². The summed E-state index contributed by atoms with van der Waals surface area (Å²) in [5, 5.41) is 12.0. The number of thioether (sulfide) groups is 1. The molecule has 7 heteroatoms. The van der Waals surface area contributed by atoms with Crippen molar-refractivity contribution in [2.75, 3.05) is 7.11 Å². The van der Waals surface area contributed by atoms with E-state index in [0.717, 1.165) is 11.8 Å². The Hall–Kier alpha value is -1.61. The van der Waals surface area contributed by atoms with E-state index in [1.165, 1.54) is 7.11 Å². The molecule has 21 heavy (non-hydrogen) atoms. The lowest BCUT2D eigenvalue weighted by atomic mass is 9.85. The maximum atomic E-state index is 11.9. The normalized spacial score (nSPS) is 18.0. The molecule has 0 saturated carbocycles. The predicted molar refractivity (Wildman–Crippen MR) is 83.7 cm³/mol. The predicted octanol–water partition coefficient (Wildman–Crippen LogP) is 3.57. The maximum absolute atomic E-state index is 11.9. The molecule has 0 spiro atoms. The summed E-state index contributed by atoms with van der Waals surface area (Å²) in [6.07, 6.45) is 0. The van der Waals surface area contributed by atoms with Crippen molar-refractivity contribution in [3.8, 4) is 6.07 Å². The van der Waals surface area contributed by atoms with Gasteiger partial charge in [-0.2, -0.15) is 5.26 Å². The molecule has 0 amide bonds. The summed E-state index contributed by atoms with van der Waals surface area (Å²) in [7, 11) is 1.29. The number of carbonyl (C=O) groups excluding carboxylic acids is 1. The molecule has 0 bridgehead atoms. The number of nitriles is 1. The van der Waals surface area contributed by atoms with Gasteiger partial charge in [-0.3, -0.25) is 0 Å². The summed E-state index contributed by atoms with van der Waals surface area (Å²) in [5.74, 6) is -1.13. The molecule has 108 valence electrons. The molecular weight excluding hydrogens is 331 g/mol. The van der Waals surface area contributed by atoms with Crippen molar-refractivity contribution < 1.29 is 9.53 Å². The smallest absolute Gasteiger partial charge is 0.335 e. The summed E-state index contributed by atoms with van der Waals surface area (Å²) >= 11 is 13.0. The average molecular weight is 341 g/mol. The van der Waals surface area contributed by atoms with E-state index in [-0.39, 0.29) is 0 Å². The zero-order valence-corrected chi connectivity index (χ0v) is 13.2. The molecule has 0 saturated heterocycles. The summed E-state index contributed by atoms with van der Waals surface area (Å²) in [6.45, 7) is 0. The molecule has 1 unspecified atom stereocenters. The second kappa shape index (κ2) is 6.44. The van der Waals surface area contributed by atoms with Crippen LogP contribution in [0.2, 0.25) is 10.0 Å². The standard InChI is InChI=1S/C14H10Cl2N2O2S/c1-20-14(19)9-6-21-13(18)8(5-17)12(9)7-2-3-10(15)11(16)4-7/h2-4,6,12H,18H2,1H3. The molecule has 1 aliphatic rings. The first-order chi connectivity index (χ1) is 9.99. The van der Waals surface area contributed by atoms with Crippen LogP contribution >= 0.6 is 35.0 Å². The third-order valence-electron chi connectivity index (χ3n) is 3.00. The van der Waals surface area contributed by atoms with Crippen LogP contribution in [0.5, 0.6) is 0 Å². The minimum atomic E-state index is -0.613. The molecule has 0 aromatic heterocycles. The molecule has 2 rings (SSSR count). The summed E-state index contributed by atoms with van der Waals surface area (Å²) < 4.78 is 4.77. The highest BCUT2D eigenvalue weighted by atomic mass is 35.5. The third-order valence-corrected chi connectivity index (χ3v) is 4.58. The van der Waals surface area contributed by atoms with Crippen LogP contribution in [0.25, 0.3) is 0 Å². The van der Waals surface area contributed by atoms with Gasteiger partial charge in [0.15, 0.2) is 0 Å². The van der Waals surface area contributed by atoms with Gasteiger partial charge in [-0.05, 0) is 23.1 Å². The first-order valence-electron chi connectivity index (χ1n) is 5.79. The third kappa shape index (κ3) is 3.03. The van der Waals surface area contributed by atoms with Crippen molar-refractivity contribution in [3.63, 3.8) is 0 Å². The van der Waals surface area contributed by atoms with Gasteiger partial charge in [0.2, 0.25) is 0 Å². The maximum Gasteiger partial charge on any atom is 0.335 e. The van der Waals surface area contributed by atoms with Crippen molar-refractivity contribution >= 4 is 40.9 Å². The number of rotatable bonds is 2. The first kappa shape index (κ1) is 15.8. The van der Waals surface area contributed by atoms with Crippen LogP contribution in [-0.2, 0) is 9.53 Å². The average Bonchev–Trinajstić information content (AvgIpc) is 2.49. The van der Waals surface area contributed by atoms with Crippen molar-refractivity contribution in [2.24, 2.45) is 5.73 Å². The molecule has 4 nitrogen and oxygen atoms in total. The number of benzene rings is 1. The monoisotopic (exact) mass is 340 g/mol. The van der Waals surface area contributed by atoms with Crippen LogP contribution in [0.1, 0.15) is 11.5 Å². The lowest BCUT2D eigenvalue weighted by molar-refractivity contribution is -0.136. The number of ether oxygens (including phenoxy) is 1. The molecule has 1 heterocycles. The Bertz CT molecular complexity index is 707. The number of carbonyl (C=O) groups is 1. The van der Waals surface area contributed by atoms with Crippen LogP contribution in [0, 0.1) is 11.3 Å². The van der Waals surface area contributed by atoms with Gasteiger partial charge < -0.3 is 10.5 Å². The quantitative estimate of drug-likeness (QED) is 0.832. The second-order valence-corrected chi connectivity index (χ2v) is 5.90. The number of nitrogens with two attached hydrogens (primary N) is 1. The van der Waals surface area contributed by atoms with E-state index in [1.54, 1.807) is 23.6 Å². The molecule has 1 atom stereocenters. The molecule has 0 aliphatic carbocycles. The molecule has 1 aromatic carbocycles. The number of allylic oxidation sites excluding steroid dienone is 1. The van der Waals surface area contributed by atoms with Gasteiger partial charge in [0.25, 0.3) is 0 Å². The lowest BCUT2D eigenvalue weighted by Crippen LogP contribution is -2.19. The van der Waals surface area contributed by atoms with Crippen LogP contribution in [0.4, 0.5) is 0 Å². The zero-order valence-electron chi connectivity index (χ0n) is 10.9. The highest BCUT2D eigenvalue weighted by molar-refractivity contribution is 8.05. The lowest BCUT2D eigenvalue weighted by Gasteiger charge is -2.23. The van der Waals surface area contributed by atoms with Gasteiger partial charge >= 0.3 is 5.97 Å². The van der Waals surface area contributed by atoms with Gasteiger partial charge in [-0.1, -0.05) is 41.0 Å². The molecule has 0 fully saturated rings. The largest absolute Gasteiger partial charge is 0.466 e. The molecule has 2 N–H and O–H groups in total. The Morgan fingerprint density at radius 2 is 2.14 bits per heavy atom. The van der Waals surface area contributed by atoms with E-state index in [4.69, 9.17) is 33.7 Å². The van der Waals surface area contributed by atoms with Gasteiger partial charge in [0, 0.05) is 0 Å². The molecule has 0 radical (unpaired) electrons. The topological polar surface area (TPSA) is 76.1 Å². The van der Waals surface area contributed by atoms with Crippen LogP contribution in [0.15, 0.2) is 39.8 Å². The summed E-state index contributed by atoms with van der Waals surface area (Å²) in [5.41, 5.74) is 7.14. The van der Waals surface area contributed by atoms with Crippen molar-refractivity contribution in [3.05, 3.63) is 55.4 Å². The van der Waals surface area contributed by atoms with Crippen LogP contribution in [0.3, 0.4) is 0 Å². The van der Waals surface area contributed by atoms with E-state index in [1.807, 2.05) is 0 Å². The number of hydrogen-bond donors (Lipinski definition) is 1. The van der Waals surface area contributed by atoms with Gasteiger partial charge in [0.05, 0.1) is 45.3 Å². The molecule has 1 aromatic rings. The van der Waals surface area contributed by atoms with Gasteiger partial charge in [0.1, 0.15) is 0 Å². The minimum absolute atomic E-state index is 0.293. The summed E-state index contributed by atoms with van der Waals surface area (Å²) in [4.78, 5) is 11.9. The van der Waals surface area contributed by atoms with E-state index in [2.05, 4.69) is 6.07 Å². The first-order valence-corrected chi connectivity index (χ1v) is 7.42. The van der Waals surface area contributed by atoms with Gasteiger partial charge in [-0.15, -0.1) is 0 Å². The van der Waals surface area contributed by atoms with E-state index < -0.39 is 11.9 Å². The fourth-order valence-electron chi connectivity index (χ4n) is 2.00. The van der Waals surface area contributed by atoms with E-state index in [0.29, 0.717) is 31.8 Å². The fourth-order valence-corrected chi connectivity index (χ4v) is 3.08. The second-order valence-electron chi connectivity index (χ2n) is 4.18. The van der Waals surface area contributed by atoms with Crippen LogP contribution < -0.4 is 5.73 Å².